The number of amides is 1. The van der Waals surface area contributed by atoms with E-state index in [9.17, 15) is 4.79 Å². The Morgan fingerprint density at radius 2 is 1.85 bits per heavy atom. The average molecular weight is 271 g/mol. The number of piperazine rings is 1. The Hall–Kier alpha value is -1.86. The highest BCUT2D eigenvalue weighted by molar-refractivity contribution is 5.78. The topological polar surface area (TPSA) is 47.3 Å². The fourth-order valence-electron chi connectivity index (χ4n) is 2.43. The van der Waals surface area contributed by atoms with E-state index in [-0.39, 0.29) is 11.9 Å². The third kappa shape index (κ3) is 3.58. The first kappa shape index (κ1) is 14.5. The zero-order valence-corrected chi connectivity index (χ0v) is 12.2. The maximum absolute atomic E-state index is 12.2. The molecule has 0 bridgehead atoms. The number of nitrogens with zero attached hydrogens (tertiary/aromatic N) is 3. The van der Waals surface area contributed by atoms with Crippen LogP contribution in [0.15, 0.2) is 24.3 Å². The molecule has 106 valence electrons. The van der Waals surface area contributed by atoms with E-state index in [0.717, 1.165) is 31.7 Å². The minimum atomic E-state index is -0.0654. The Bertz CT molecular complexity index is 495. The van der Waals surface area contributed by atoms with Gasteiger partial charge in [-0.1, -0.05) is 29.8 Å². The van der Waals surface area contributed by atoms with Gasteiger partial charge < -0.3 is 4.90 Å². The summed E-state index contributed by atoms with van der Waals surface area (Å²) in [5, 5.41) is 8.91. The van der Waals surface area contributed by atoms with E-state index in [4.69, 9.17) is 5.26 Å². The molecule has 0 aliphatic carbocycles. The Morgan fingerprint density at radius 1 is 1.25 bits per heavy atom. The SMILES string of the molecule is Cc1ccc(CC(=O)N2CCN(C(C)C#N)CC2)cc1. The van der Waals surface area contributed by atoms with E-state index in [0.29, 0.717) is 6.42 Å². The maximum Gasteiger partial charge on any atom is 0.227 e. The molecule has 1 heterocycles. The van der Waals surface area contributed by atoms with Crippen LogP contribution in [0.1, 0.15) is 18.1 Å². The van der Waals surface area contributed by atoms with E-state index in [1.807, 2.05) is 43.0 Å². The van der Waals surface area contributed by atoms with Crippen LogP contribution in [0.3, 0.4) is 0 Å². The van der Waals surface area contributed by atoms with Crippen LogP contribution < -0.4 is 0 Å². The van der Waals surface area contributed by atoms with Crippen molar-refractivity contribution in [2.75, 3.05) is 26.2 Å². The lowest BCUT2D eigenvalue weighted by Crippen LogP contribution is -2.51. The largest absolute Gasteiger partial charge is 0.340 e. The molecular formula is C16H21N3O. The fourth-order valence-corrected chi connectivity index (χ4v) is 2.43. The molecule has 1 atom stereocenters. The molecule has 0 saturated carbocycles. The molecule has 1 aromatic carbocycles. The molecule has 2 rings (SSSR count). The average Bonchev–Trinajstić information content (AvgIpc) is 2.49. The minimum Gasteiger partial charge on any atom is -0.340 e. The van der Waals surface area contributed by atoms with Crippen LogP contribution in [0, 0.1) is 18.3 Å². The summed E-state index contributed by atoms with van der Waals surface area (Å²) < 4.78 is 0. The number of rotatable bonds is 3. The van der Waals surface area contributed by atoms with Crippen LogP contribution in [-0.2, 0) is 11.2 Å². The van der Waals surface area contributed by atoms with Crippen molar-refractivity contribution in [3.05, 3.63) is 35.4 Å². The molecule has 0 aromatic heterocycles. The molecule has 1 amide bonds. The molecule has 20 heavy (non-hydrogen) atoms. The van der Waals surface area contributed by atoms with Crippen LogP contribution in [0.2, 0.25) is 0 Å². The van der Waals surface area contributed by atoms with Crippen molar-refractivity contribution < 1.29 is 4.79 Å². The minimum absolute atomic E-state index is 0.0654. The van der Waals surface area contributed by atoms with E-state index < -0.39 is 0 Å². The highest BCUT2D eigenvalue weighted by atomic mass is 16.2. The highest BCUT2D eigenvalue weighted by Gasteiger charge is 2.23. The molecular weight excluding hydrogens is 250 g/mol. The molecule has 1 saturated heterocycles. The first-order chi connectivity index (χ1) is 9.60. The number of nitriles is 1. The normalized spacial score (nSPS) is 17.6. The van der Waals surface area contributed by atoms with E-state index >= 15 is 0 Å². The van der Waals surface area contributed by atoms with Gasteiger partial charge >= 0.3 is 0 Å². The van der Waals surface area contributed by atoms with Crippen LogP contribution in [-0.4, -0.2) is 47.9 Å². The fraction of sp³-hybridized carbons (Fsp3) is 0.500. The van der Waals surface area contributed by atoms with Crippen molar-refractivity contribution in [1.29, 1.82) is 5.26 Å². The van der Waals surface area contributed by atoms with Gasteiger partial charge in [-0.15, -0.1) is 0 Å². The number of benzene rings is 1. The van der Waals surface area contributed by atoms with Gasteiger partial charge in [-0.25, -0.2) is 0 Å². The Labute approximate surface area is 120 Å². The van der Waals surface area contributed by atoms with Gasteiger partial charge in [-0.3, -0.25) is 9.69 Å². The van der Waals surface area contributed by atoms with Crippen LogP contribution >= 0.6 is 0 Å². The van der Waals surface area contributed by atoms with Gasteiger partial charge in [-0.05, 0) is 19.4 Å². The second-order valence-electron chi connectivity index (χ2n) is 5.38. The molecule has 1 aliphatic heterocycles. The number of carbonyl (C=O) groups excluding carboxylic acids is 1. The summed E-state index contributed by atoms with van der Waals surface area (Å²) in [5.41, 5.74) is 2.27. The summed E-state index contributed by atoms with van der Waals surface area (Å²) in [6.45, 7) is 6.96. The summed E-state index contributed by atoms with van der Waals surface area (Å²) in [6.07, 6.45) is 0.466. The maximum atomic E-state index is 12.2. The lowest BCUT2D eigenvalue weighted by atomic mass is 10.1. The molecule has 4 nitrogen and oxygen atoms in total. The van der Waals surface area contributed by atoms with Gasteiger partial charge in [0.2, 0.25) is 5.91 Å². The quantitative estimate of drug-likeness (QED) is 0.839. The van der Waals surface area contributed by atoms with E-state index in [1.54, 1.807) is 0 Å². The van der Waals surface area contributed by atoms with Gasteiger partial charge in [0, 0.05) is 26.2 Å². The Balaban J connectivity index is 1.86. The van der Waals surface area contributed by atoms with Crippen LogP contribution in [0.4, 0.5) is 0 Å². The standard InChI is InChI=1S/C16H21N3O/c1-13-3-5-15(6-4-13)11-16(20)19-9-7-18(8-10-19)14(2)12-17/h3-6,14H,7-11H2,1-2H3. The van der Waals surface area contributed by atoms with Gasteiger partial charge in [0.25, 0.3) is 0 Å². The molecule has 1 aromatic rings. The van der Waals surface area contributed by atoms with Crippen molar-refractivity contribution in [2.24, 2.45) is 0 Å². The number of carbonyl (C=O) groups is 1. The predicted molar refractivity (Wildman–Crippen MR) is 78.1 cm³/mol. The lowest BCUT2D eigenvalue weighted by molar-refractivity contribution is -0.132. The zero-order chi connectivity index (χ0) is 14.5. The van der Waals surface area contributed by atoms with Crippen molar-refractivity contribution in [2.45, 2.75) is 26.3 Å². The Kier molecular flexibility index (Phi) is 4.75. The molecule has 4 heteroatoms. The number of hydrogen-bond acceptors (Lipinski definition) is 3. The monoisotopic (exact) mass is 271 g/mol. The zero-order valence-electron chi connectivity index (χ0n) is 12.2. The Morgan fingerprint density at radius 3 is 2.40 bits per heavy atom. The predicted octanol–water partition coefficient (Wildman–Crippen LogP) is 1.59. The smallest absolute Gasteiger partial charge is 0.227 e. The van der Waals surface area contributed by atoms with Gasteiger partial charge in [0.05, 0.1) is 18.5 Å². The van der Waals surface area contributed by atoms with Gasteiger partial charge in [-0.2, -0.15) is 5.26 Å². The third-order valence-electron chi connectivity index (χ3n) is 3.88. The van der Waals surface area contributed by atoms with Gasteiger partial charge in [0.15, 0.2) is 0 Å². The summed E-state index contributed by atoms with van der Waals surface area (Å²) >= 11 is 0. The molecule has 1 aliphatic rings. The first-order valence-electron chi connectivity index (χ1n) is 7.07. The molecule has 1 unspecified atom stereocenters. The lowest BCUT2D eigenvalue weighted by Gasteiger charge is -2.36. The van der Waals surface area contributed by atoms with E-state index in [1.165, 1.54) is 5.56 Å². The first-order valence-corrected chi connectivity index (χ1v) is 7.07. The summed E-state index contributed by atoms with van der Waals surface area (Å²) in [5.74, 6) is 0.179. The third-order valence-corrected chi connectivity index (χ3v) is 3.88. The van der Waals surface area contributed by atoms with Crippen LogP contribution in [0.25, 0.3) is 0 Å². The summed E-state index contributed by atoms with van der Waals surface area (Å²) in [6, 6.07) is 10.3. The van der Waals surface area contributed by atoms with Gasteiger partial charge in [0.1, 0.15) is 0 Å². The van der Waals surface area contributed by atoms with Crippen molar-refractivity contribution in [3.8, 4) is 6.07 Å². The van der Waals surface area contributed by atoms with Crippen molar-refractivity contribution >= 4 is 5.91 Å². The second-order valence-corrected chi connectivity index (χ2v) is 5.38. The van der Waals surface area contributed by atoms with E-state index in [2.05, 4.69) is 11.0 Å². The number of hydrogen-bond donors (Lipinski definition) is 0. The molecule has 0 spiro atoms. The molecule has 0 radical (unpaired) electrons. The summed E-state index contributed by atoms with van der Waals surface area (Å²) in [4.78, 5) is 16.3. The highest BCUT2D eigenvalue weighted by Crippen LogP contribution is 2.10. The second kappa shape index (κ2) is 6.53. The van der Waals surface area contributed by atoms with Crippen LogP contribution in [0.5, 0.6) is 0 Å². The molecule has 1 fully saturated rings. The van der Waals surface area contributed by atoms with Crippen molar-refractivity contribution in [3.63, 3.8) is 0 Å². The summed E-state index contributed by atoms with van der Waals surface area (Å²) in [7, 11) is 0. The molecule has 0 N–H and O–H groups in total. The number of aryl methyl sites for hydroxylation is 1. The van der Waals surface area contributed by atoms with Crippen molar-refractivity contribution in [1.82, 2.24) is 9.80 Å².